The standard InChI is InChI=1S/C14H24O/c1-10(2)12(4)9-14(5)8-6-7-11(3)13(14)15/h11H,6-9H2,1-5H3. The number of allylic oxidation sites excluding steroid dienone is 2. The van der Waals surface area contributed by atoms with Crippen LogP contribution in [-0.4, -0.2) is 5.78 Å². The highest BCUT2D eigenvalue weighted by molar-refractivity contribution is 5.87. The molecule has 0 bridgehead atoms. The van der Waals surface area contributed by atoms with Gasteiger partial charge in [-0.25, -0.2) is 0 Å². The summed E-state index contributed by atoms with van der Waals surface area (Å²) in [7, 11) is 0. The van der Waals surface area contributed by atoms with Gasteiger partial charge >= 0.3 is 0 Å². The van der Waals surface area contributed by atoms with Gasteiger partial charge in [0.05, 0.1) is 0 Å². The Labute approximate surface area is 93.9 Å². The highest BCUT2D eigenvalue weighted by atomic mass is 16.1. The third-order valence-corrected chi connectivity index (χ3v) is 3.92. The van der Waals surface area contributed by atoms with E-state index in [-0.39, 0.29) is 11.3 Å². The van der Waals surface area contributed by atoms with Crippen molar-refractivity contribution in [3.8, 4) is 0 Å². The van der Waals surface area contributed by atoms with Crippen LogP contribution in [0, 0.1) is 11.3 Å². The SMILES string of the molecule is CC(C)=C(C)CC1(C)CCCC(C)C1=O. The number of hydrogen-bond donors (Lipinski definition) is 0. The van der Waals surface area contributed by atoms with Crippen LogP contribution in [0.4, 0.5) is 0 Å². The maximum absolute atomic E-state index is 12.2. The van der Waals surface area contributed by atoms with E-state index in [1.54, 1.807) is 0 Å². The van der Waals surface area contributed by atoms with Gasteiger partial charge in [0.25, 0.3) is 0 Å². The highest BCUT2D eigenvalue weighted by Crippen LogP contribution is 2.40. The van der Waals surface area contributed by atoms with Gasteiger partial charge in [-0.05, 0) is 40.0 Å². The molecule has 0 aliphatic heterocycles. The first-order valence-corrected chi connectivity index (χ1v) is 6.04. The number of carbonyl (C=O) groups is 1. The van der Waals surface area contributed by atoms with Crippen LogP contribution >= 0.6 is 0 Å². The lowest BCUT2D eigenvalue weighted by molar-refractivity contribution is -0.134. The van der Waals surface area contributed by atoms with Crippen molar-refractivity contribution < 1.29 is 4.79 Å². The van der Waals surface area contributed by atoms with E-state index in [0.717, 1.165) is 19.3 Å². The molecule has 0 N–H and O–H groups in total. The number of rotatable bonds is 2. The van der Waals surface area contributed by atoms with E-state index >= 15 is 0 Å². The molecule has 0 saturated heterocycles. The maximum Gasteiger partial charge on any atom is 0.141 e. The summed E-state index contributed by atoms with van der Waals surface area (Å²) in [5.41, 5.74) is 2.67. The smallest absolute Gasteiger partial charge is 0.141 e. The quantitative estimate of drug-likeness (QED) is 0.624. The molecule has 0 aromatic rings. The molecule has 2 atom stereocenters. The molecule has 1 aliphatic carbocycles. The molecule has 1 fully saturated rings. The summed E-state index contributed by atoms with van der Waals surface area (Å²) in [6, 6.07) is 0. The average Bonchev–Trinajstić information content (AvgIpc) is 2.14. The van der Waals surface area contributed by atoms with Gasteiger partial charge in [-0.3, -0.25) is 4.79 Å². The highest BCUT2D eigenvalue weighted by Gasteiger charge is 2.38. The van der Waals surface area contributed by atoms with Gasteiger partial charge in [0.15, 0.2) is 0 Å². The molecule has 0 spiro atoms. The molecule has 0 heterocycles. The number of Topliss-reactive ketones (excluding diaryl/α,β-unsaturated/α-hetero) is 1. The van der Waals surface area contributed by atoms with E-state index in [9.17, 15) is 4.79 Å². The van der Waals surface area contributed by atoms with Crippen molar-refractivity contribution in [3.63, 3.8) is 0 Å². The van der Waals surface area contributed by atoms with E-state index in [2.05, 4.69) is 34.6 Å². The fourth-order valence-electron chi connectivity index (χ4n) is 2.59. The van der Waals surface area contributed by atoms with Crippen LogP contribution in [0.3, 0.4) is 0 Å². The molecule has 1 nitrogen and oxygen atoms in total. The van der Waals surface area contributed by atoms with E-state index in [4.69, 9.17) is 0 Å². The molecule has 86 valence electrons. The van der Waals surface area contributed by atoms with Crippen LogP contribution in [0.2, 0.25) is 0 Å². The first-order chi connectivity index (χ1) is 6.87. The third kappa shape index (κ3) is 2.70. The predicted molar refractivity (Wildman–Crippen MR) is 64.8 cm³/mol. The van der Waals surface area contributed by atoms with E-state index in [1.165, 1.54) is 17.6 Å². The minimum atomic E-state index is -0.0843. The zero-order valence-corrected chi connectivity index (χ0v) is 10.8. The Morgan fingerprint density at radius 3 is 2.53 bits per heavy atom. The lowest BCUT2D eigenvalue weighted by Crippen LogP contribution is -2.36. The fraction of sp³-hybridized carbons (Fsp3) is 0.786. The Hall–Kier alpha value is -0.590. The van der Waals surface area contributed by atoms with Crippen LogP contribution in [0.5, 0.6) is 0 Å². The average molecular weight is 208 g/mol. The van der Waals surface area contributed by atoms with Gasteiger partial charge in [-0.15, -0.1) is 0 Å². The van der Waals surface area contributed by atoms with E-state index in [0.29, 0.717) is 5.78 Å². The van der Waals surface area contributed by atoms with Gasteiger partial charge in [0.2, 0.25) is 0 Å². The molecule has 1 saturated carbocycles. The summed E-state index contributed by atoms with van der Waals surface area (Å²) >= 11 is 0. The maximum atomic E-state index is 12.2. The first-order valence-electron chi connectivity index (χ1n) is 6.04. The van der Waals surface area contributed by atoms with Crippen LogP contribution in [0.25, 0.3) is 0 Å². The summed E-state index contributed by atoms with van der Waals surface area (Å²) in [6.07, 6.45) is 4.32. The van der Waals surface area contributed by atoms with E-state index in [1.807, 2.05) is 0 Å². The summed E-state index contributed by atoms with van der Waals surface area (Å²) in [4.78, 5) is 12.2. The second-order valence-corrected chi connectivity index (χ2v) is 5.68. The second-order valence-electron chi connectivity index (χ2n) is 5.68. The van der Waals surface area contributed by atoms with Gasteiger partial charge in [0, 0.05) is 11.3 Å². The molecular formula is C14H24O. The van der Waals surface area contributed by atoms with Crippen LogP contribution in [0.1, 0.15) is 60.3 Å². The second kappa shape index (κ2) is 4.51. The Morgan fingerprint density at radius 2 is 2.00 bits per heavy atom. The molecule has 1 heteroatoms. The largest absolute Gasteiger partial charge is 0.299 e. The minimum absolute atomic E-state index is 0.0843. The van der Waals surface area contributed by atoms with Crippen molar-refractivity contribution in [1.29, 1.82) is 0 Å². The van der Waals surface area contributed by atoms with Crippen molar-refractivity contribution in [3.05, 3.63) is 11.1 Å². The van der Waals surface area contributed by atoms with Crippen molar-refractivity contribution in [2.45, 2.75) is 60.3 Å². The van der Waals surface area contributed by atoms with Crippen molar-refractivity contribution in [2.75, 3.05) is 0 Å². The number of ketones is 1. The molecule has 0 aromatic carbocycles. The predicted octanol–water partition coefficient (Wildman–Crippen LogP) is 4.13. The molecule has 15 heavy (non-hydrogen) atoms. The Balaban J connectivity index is 2.82. The summed E-state index contributed by atoms with van der Waals surface area (Å²) < 4.78 is 0. The van der Waals surface area contributed by atoms with E-state index < -0.39 is 0 Å². The molecule has 0 aromatic heterocycles. The lowest BCUT2D eigenvalue weighted by Gasteiger charge is -2.36. The van der Waals surface area contributed by atoms with Crippen molar-refractivity contribution in [2.24, 2.45) is 11.3 Å². The Morgan fingerprint density at radius 1 is 1.40 bits per heavy atom. The van der Waals surface area contributed by atoms with Crippen LogP contribution < -0.4 is 0 Å². The molecular weight excluding hydrogens is 184 g/mol. The molecule has 1 rings (SSSR count). The normalized spacial score (nSPS) is 31.5. The van der Waals surface area contributed by atoms with Gasteiger partial charge in [0.1, 0.15) is 5.78 Å². The van der Waals surface area contributed by atoms with Crippen LogP contribution in [0.15, 0.2) is 11.1 Å². The van der Waals surface area contributed by atoms with Crippen molar-refractivity contribution in [1.82, 2.24) is 0 Å². The third-order valence-electron chi connectivity index (χ3n) is 3.92. The molecule has 2 unspecified atom stereocenters. The zero-order chi connectivity index (χ0) is 11.6. The monoisotopic (exact) mass is 208 g/mol. The number of carbonyl (C=O) groups excluding carboxylic acids is 1. The Bertz CT molecular complexity index is 284. The fourth-order valence-corrected chi connectivity index (χ4v) is 2.59. The zero-order valence-electron chi connectivity index (χ0n) is 10.8. The molecule has 0 radical (unpaired) electrons. The first kappa shape index (κ1) is 12.5. The summed E-state index contributed by atoms with van der Waals surface area (Å²) in [5.74, 6) is 0.753. The van der Waals surface area contributed by atoms with Gasteiger partial charge in [-0.1, -0.05) is 31.4 Å². The minimum Gasteiger partial charge on any atom is -0.299 e. The van der Waals surface area contributed by atoms with Gasteiger partial charge in [-0.2, -0.15) is 0 Å². The lowest BCUT2D eigenvalue weighted by atomic mass is 9.67. The van der Waals surface area contributed by atoms with Crippen molar-refractivity contribution >= 4 is 5.78 Å². The molecule has 0 amide bonds. The Kier molecular flexibility index (Phi) is 3.75. The summed E-state index contributed by atoms with van der Waals surface area (Å²) in [6.45, 7) is 10.7. The topological polar surface area (TPSA) is 17.1 Å². The number of hydrogen-bond acceptors (Lipinski definition) is 1. The van der Waals surface area contributed by atoms with Crippen LogP contribution in [-0.2, 0) is 4.79 Å². The van der Waals surface area contributed by atoms with Gasteiger partial charge < -0.3 is 0 Å². The molecule has 1 aliphatic rings. The summed E-state index contributed by atoms with van der Waals surface area (Å²) in [5, 5.41) is 0.